The zero-order valence-corrected chi connectivity index (χ0v) is 18.1. The molecule has 2 unspecified atom stereocenters. The summed E-state index contributed by atoms with van der Waals surface area (Å²) in [4.78, 5) is 0. The third-order valence-corrected chi connectivity index (χ3v) is 6.65. The van der Waals surface area contributed by atoms with E-state index < -0.39 is 0 Å². The molecule has 0 bridgehead atoms. The smallest absolute Gasteiger partial charge is 0.0122 e. The minimum atomic E-state index is 0.532. The zero-order valence-electron chi connectivity index (χ0n) is 17.0. The first-order valence-corrected chi connectivity index (χ1v) is 11.5. The van der Waals surface area contributed by atoms with E-state index in [1.165, 1.54) is 103 Å². The predicted octanol–water partition coefficient (Wildman–Crippen LogP) is 8.54. The minimum Gasteiger partial charge on any atom is -0.131 e. The van der Waals surface area contributed by atoms with Crippen LogP contribution < -0.4 is 0 Å². The lowest BCUT2D eigenvalue weighted by molar-refractivity contribution is 0.278. The lowest BCUT2D eigenvalue weighted by Gasteiger charge is -2.38. The van der Waals surface area contributed by atoms with Gasteiger partial charge in [0.05, 0.1) is 0 Å². The fraction of sp³-hybridized carbons (Fsp3) is 1.00. The number of hydrogen-bond donors (Lipinski definition) is 0. The maximum Gasteiger partial charge on any atom is -0.0122 e. The third-order valence-electron chi connectivity index (χ3n) is 5.60. The molecule has 1 heteroatoms. The van der Waals surface area contributed by atoms with Gasteiger partial charge in [-0.05, 0) is 36.8 Å². The summed E-state index contributed by atoms with van der Waals surface area (Å²) in [6, 6.07) is 0. The Balaban J connectivity index is 4.32. The summed E-state index contributed by atoms with van der Waals surface area (Å²) in [6.07, 6.45) is 22.7. The third kappa shape index (κ3) is 11.6. The summed E-state index contributed by atoms with van der Waals surface area (Å²) in [7, 11) is 3.35. The van der Waals surface area contributed by atoms with Crippen LogP contribution in [0, 0.1) is 5.92 Å². The van der Waals surface area contributed by atoms with Gasteiger partial charge < -0.3 is 0 Å². The second kappa shape index (κ2) is 15.9. The molecule has 0 aromatic carbocycles. The molecule has 0 fully saturated rings. The van der Waals surface area contributed by atoms with Crippen molar-refractivity contribution in [2.75, 3.05) is 0 Å². The largest absolute Gasteiger partial charge is 0.131 e. The van der Waals surface area contributed by atoms with Crippen molar-refractivity contribution in [3.8, 4) is 0 Å². The number of unbranched alkanes of at least 4 members (excludes halogenated alkanes) is 8. The number of rotatable bonds is 17. The quantitative estimate of drug-likeness (QED) is 0.183. The Kier molecular flexibility index (Phi) is 16.2. The molecule has 0 heterocycles. The first-order chi connectivity index (χ1) is 11.1. The molecule has 0 aliphatic rings. The molecule has 0 radical (unpaired) electrons. The topological polar surface area (TPSA) is 0 Å². The molecule has 0 spiro atoms. The Hall–Kier alpha value is 0.430. The molecule has 0 amide bonds. The maximum absolute atomic E-state index is 3.35. The molecular weight excluding hydrogens is 295 g/mol. The van der Waals surface area contributed by atoms with Crippen molar-refractivity contribution in [1.29, 1.82) is 0 Å². The van der Waals surface area contributed by atoms with Gasteiger partial charge in [-0.15, -0.1) is 9.24 Å². The summed E-state index contributed by atoms with van der Waals surface area (Å²) in [5.74, 6) is 0.936. The van der Waals surface area contributed by atoms with Crippen molar-refractivity contribution < 1.29 is 0 Å². The molecular formula is C22H47P. The van der Waals surface area contributed by atoms with E-state index in [0.29, 0.717) is 5.16 Å². The first kappa shape index (κ1) is 23.4. The SMILES string of the molecule is CCCCCCCCCC(CCC)C(P)(CCCC)CCCC. The van der Waals surface area contributed by atoms with E-state index in [1.807, 2.05) is 0 Å². The first-order valence-electron chi connectivity index (χ1n) is 10.9. The standard InChI is InChI=1S/C22H47P/c1-5-9-12-13-14-15-16-18-21(17-8-4)22(23,19-10-6-2)20-11-7-3/h21H,5-20,23H2,1-4H3. The van der Waals surface area contributed by atoms with Gasteiger partial charge in [0.2, 0.25) is 0 Å². The highest BCUT2D eigenvalue weighted by molar-refractivity contribution is 7.19. The van der Waals surface area contributed by atoms with Gasteiger partial charge in [0.25, 0.3) is 0 Å². The normalized spacial score (nSPS) is 13.4. The Morgan fingerprint density at radius 3 is 1.52 bits per heavy atom. The van der Waals surface area contributed by atoms with Crippen LogP contribution in [0.1, 0.15) is 130 Å². The van der Waals surface area contributed by atoms with Crippen LogP contribution in [0.3, 0.4) is 0 Å². The molecule has 140 valence electrons. The molecule has 0 aliphatic heterocycles. The number of hydrogen-bond acceptors (Lipinski definition) is 0. The second-order valence-corrected chi connectivity index (χ2v) is 8.99. The molecule has 0 aromatic heterocycles. The van der Waals surface area contributed by atoms with Crippen LogP contribution in [0.4, 0.5) is 0 Å². The Morgan fingerprint density at radius 1 is 0.565 bits per heavy atom. The molecule has 0 aromatic rings. The highest BCUT2D eigenvalue weighted by atomic mass is 31.0. The van der Waals surface area contributed by atoms with Crippen LogP contribution in [-0.4, -0.2) is 5.16 Å². The maximum atomic E-state index is 3.35. The molecule has 0 aliphatic carbocycles. The molecule has 0 saturated heterocycles. The lowest BCUT2D eigenvalue weighted by atomic mass is 9.77. The van der Waals surface area contributed by atoms with E-state index >= 15 is 0 Å². The van der Waals surface area contributed by atoms with Crippen molar-refractivity contribution in [3.63, 3.8) is 0 Å². The van der Waals surface area contributed by atoms with E-state index in [9.17, 15) is 0 Å². The van der Waals surface area contributed by atoms with Gasteiger partial charge in [-0.25, -0.2) is 0 Å². The average Bonchev–Trinajstić information content (AvgIpc) is 2.56. The molecule has 0 N–H and O–H groups in total. The van der Waals surface area contributed by atoms with Gasteiger partial charge in [0.1, 0.15) is 0 Å². The van der Waals surface area contributed by atoms with Crippen molar-refractivity contribution in [1.82, 2.24) is 0 Å². The summed E-state index contributed by atoms with van der Waals surface area (Å²) in [5.41, 5.74) is 0. The van der Waals surface area contributed by atoms with Crippen LogP contribution >= 0.6 is 9.24 Å². The van der Waals surface area contributed by atoms with Gasteiger partial charge in [0, 0.05) is 0 Å². The van der Waals surface area contributed by atoms with Crippen molar-refractivity contribution in [2.24, 2.45) is 5.92 Å². The van der Waals surface area contributed by atoms with Crippen LogP contribution in [0.5, 0.6) is 0 Å². The Labute approximate surface area is 151 Å². The fourth-order valence-corrected chi connectivity index (χ4v) is 4.70. The monoisotopic (exact) mass is 342 g/mol. The van der Waals surface area contributed by atoms with Crippen LogP contribution in [0.2, 0.25) is 0 Å². The van der Waals surface area contributed by atoms with Gasteiger partial charge in [-0.1, -0.05) is 105 Å². The summed E-state index contributed by atoms with van der Waals surface area (Å²) in [5, 5.41) is 0.532. The van der Waals surface area contributed by atoms with E-state index in [1.54, 1.807) is 0 Å². The van der Waals surface area contributed by atoms with Crippen LogP contribution in [-0.2, 0) is 0 Å². The summed E-state index contributed by atoms with van der Waals surface area (Å²) >= 11 is 0. The van der Waals surface area contributed by atoms with Crippen LogP contribution in [0.15, 0.2) is 0 Å². The minimum absolute atomic E-state index is 0.532. The molecule has 0 saturated carbocycles. The van der Waals surface area contributed by atoms with E-state index in [-0.39, 0.29) is 0 Å². The molecule has 23 heavy (non-hydrogen) atoms. The molecule has 0 rings (SSSR count). The summed E-state index contributed by atoms with van der Waals surface area (Å²) in [6.45, 7) is 9.37. The Morgan fingerprint density at radius 2 is 1.04 bits per heavy atom. The highest BCUT2D eigenvalue weighted by Crippen LogP contribution is 2.43. The van der Waals surface area contributed by atoms with Gasteiger partial charge in [-0.3, -0.25) is 0 Å². The van der Waals surface area contributed by atoms with Gasteiger partial charge in [-0.2, -0.15) is 0 Å². The van der Waals surface area contributed by atoms with Gasteiger partial charge in [0.15, 0.2) is 0 Å². The Bertz CT molecular complexity index is 228. The van der Waals surface area contributed by atoms with Crippen molar-refractivity contribution in [3.05, 3.63) is 0 Å². The highest BCUT2D eigenvalue weighted by Gasteiger charge is 2.32. The lowest BCUT2D eigenvalue weighted by Crippen LogP contribution is -2.31. The molecule has 2 atom stereocenters. The second-order valence-electron chi connectivity index (χ2n) is 7.84. The predicted molar refractivity (Wildman–Crippen MR) is 112 cm³/mol. The average molecular weight is 343 g/mol. The van der Waals surface area contributed by atoms with Crippen LogP contribution in [0.25, 0.3) is 0 Å². The summed E-state index contributed by atoms with van der Waals surface area (Å²) < 4.78 is 0. The zero-order chi connectivity index (χ0) is 17.4. The van der Waals surface area contributed by atoms with E-state index in [0.717, 1.165) is 5.92 Å². The van der Waals surface area contributed by atoms with Gasteiger partial charge >= 0.3 is 0 Å². The molecule has 0 nitrogen and oxygen atoms in total. The fourth-order valence-electron chi connectivity index (χ4n) is 3.96. The van der Waals surface area contributed by atoms with E-state index in [2.05, 4.69) is 36.9 Å². The van der Waals surface area contributed by atoms with E-state index in [4.69, 9.17) is 0 Å². The van der Waals surface area contributed by atoms with Crippen molar-refractivity contribution in [2.45, 2.75) is 136 Å². The van der Waals surface area contributed by atoms with Crippen molar-refractivity contribution >= 4 is 9.24 Å².